The van der Waals surface area contributed by atoms with Gasteiger partial charge in [0.15, 0.2) is 9.96 Å². The number of benzene rings is 1. The number of thiophene rings is 1. The molecule has 148 valence electrons. The van der Waals surface area contributed by atoms with Crippen LogP contribution in [0.4, 0.5) is 0 Å². The fraction of sp³-hybridized carbons (Fsp3) is 0.125. The topological polar surface area (TPSA) is 127 Å². The zero-order valence-corrected chi connectivity index (χ0v) is 16.9. The van der Waals surface area contributed by atoms with Gasteiger partial charge in [-0.3, -0.25) is 10.2 Å². The Bertz CT molecular complexity index is 1170. The summed E-state index contributed by atoms with van der Waals surface area (Å²) in [5.74, 6) is -1.62. The number of nitrogens with one attached hydrogen (secondary N) is 3. The van der Waals surface area contributed by atoms with Crippen LogP contribution < -0.4 is 15.0 Å². The Hall–Kier alpha value is -2.60. The van der Waals surface area contributed by atoms with Crippen LogP contribution in [-0.4, -0.2) is 39.5 Å². The van der Waals surface area contributed by atoms with Gasteiger partial charge in [0.25, 0.3) is 15.9 Å². The molecule has 0 saturated carbocycles. The van der Waals surface area contributed by atoms with Crippen LogP contribution >= 0.6 is 22.9 Å². The van der Waals surface area contributed by atoms with Crippen LogP contribution in [0.25, 0.3) is 10.9 Å². The average Bonchev–Trinajstić information content (AvgIpc) is 3.29. The monoisotopic (exact) mass is 443 g/mol. The number of hydrogen-bond acceptors (Lipinski definition) is 7. The van der Waals surface area contributed by atoms with Gasteiger partial charge in [-0.05, 0) is 24.3 Å². The SMILES string of the molecule is COC(=O)c1csc(S(=O)(=O)NNC(=O)c2cc3cc(Cl)ccc3[nH]2)c1OC. The van der Waals surface area contributed by atoms with E-state index in [2.05, 4.69) is 15.1 Å². The van der Waals surface area contributed by atoms with E-state index in [1.165, 1.54) is 25.7 Å². The molecule has 3 rings (SSSR count). The van der Waals surface area contributed by atoms with Gasteiger partial charge in [0.1, 0.15) is 11.3 Å². The van der Waals surface area contributed by atoms with E-state index in [-0.39, 0.29) is 21.2 Å². The number of H-pyrrole nitrogens is 1. The minimum absolute atomic E-state index is 0.0332. The number of methoxy groups -OCH3 is 2. The maximum Gasteiger partial charge on any atom is 0.342 e. The fourth-order valence-electron chi connectivity index (χ4n) is 2.41. The molecule has 0 aliphatic carbocycles. The van der Waals surface area contributed by atoms with Gasteiger partial charge in [-0.1, -0.05) is 11.6 Å². The molecule has 0 atom stereocenters. The third-order valence-corrected chi connectivity index (χ3v) is 6.67. The number of hydrazine groups is 1. The van der Waals surface area contributed by atoms with Crippen molar-refractivity contribution in [3.8, 4) is 5.75 Å². The highest BCUT2D eigenvalue weighted by atomic mass is 35.5. The molecule has 3 N–H and O–H groups in total. The fourth-order valence-corrected chi connectivity index (χ4v) is 4.85. The van der Waals surface area contributed by atoms with Crippen molar-refractivity contribution in [3.05, 3.63) is 45.9 Å². The van der Waals surface area contributed by atoms with Gasteiger partial charge >= 0.3 is 5.97 Å². The van der Waals surface area contributed by atoms with E-state index in [0.717, 1.165) is 11.3 Å². The molecule has 3 aromatic rings. The maximum atomic E-state index is 12.5. The Morgan fingerprint density at radius 1 is 1.21 bits per heavy atom. The van der Waals surface area contributed by atoms with Crippen molar-refractivity contribution >= 4 is 55.7 Å². The van der Waals surface area contributed by atoms with Crippen LogP contribution in [0.5, 0.6) is 5.75 Å². The number of aromatic amines is 1. The van der Waals surface area contributed by atoms with Crippen molar-refractivity contribution in [2.45, 2.75) is 4.21 Å². The van der Waals surface area contributed by atoms with Crippen LogP contribution in [-0.2, 0) is 14.8 Å². The highest BCUT2D eigenvalue weighted by molar-refractivity contribution is 7.91. The first-order valence-corrected chi connectivity index (χ1v) is 10.3. The van der Waals surface area contributed by atoms with Crippen molar-refractivity contribution in [2.75, 3.05) is 14.2 Å². The summed E-state index contributed by atoms with van der Waals surface area (Å²) in [6, 6.07) is 6.56. The lowest BCUT2D eigenvalue weighted by atomic mass is 10.2. The average molecular weight is 444 g/mol. The van der Waals surface area contributed by atoms with Crippen molar-refractivity contribution in [1.82, 2.24) is 15.2 Å². The standard InChI is InChI=1S/C16H14ClN3O6S2/c1-25-13-10(15(22)26-2)7-27-16(13)28(23,24)20-19-14(21)12-6-8-5-9(17)3-4-11(8)18-12/h3-7,18,20H,1-2H3,(H,19,21). The van der Waals surface area contributed by atoms with Gasteiger partial charge in [-0.15, -0.1) is 16.2 Å². The minimum Gasteiger partial charge on any atom is -0.494 e. The van der Waals surface area contributed by atoms with Crippen LogP contribution in [0.1, 0.15) is 20.8 Å². The van der Waals surface area contributed by atoms with Crippen molar-refractivity contribution < 1.29 is 27.5 Å². The molecule has 9 nitrogen and oxygen atoms in total. The second kappa shape index (κ2) is 7.80. The van der Waals surface area contributed by atoms with Crippen molar-refractivity contribution in [3.63, 3.8) is 0 Å². The number of carbonyl (C=O) groups is 2. The number of carbonyl (C=O) groups excluding carboxylic acids is 2. The van der Waals surface area contributed by atoms with Crippen molar-refractivity contribution in [2.24, 2.45) is 0 Å². The largest absolute Gasteiger partial charge is 0.494 e. The summed E-state index contributed by atoms with van der Waals surface area (Å²) in [6.07, 6.45) is 0. The summed E-state index contributed by atoms with van der Waals surface area (Å²) in [4.78, 5) is 28.8. The Balaban J connectivity index is 1.80. The Morgan fingerprint density at radius 3 is 2.64 bits per heavy atom. The van der Waals surface area contributed by atoms with Crippen LogP contribution in [0.15, 0.2) is 33.9 Å². The number of rotatable bonds is 6. The number of ether oxygens (including phenoxy) is 2. The van der Waals surface area contributed by atoms with Crippen molar-refractivity contribution in [1.29, 1.82) is 0 Å². The lowest BCUT2D eigenvalue weighted by Gasteiger charge is -2.08. The second-order valence-corrected chi connectivity index (χ2v) is 8.63. The zero-order valence-electron chi connectivity index (χ0n) is 14.5. The molecule has 0 unspecified atom stereocenters. The van der Waals surface area contributed by atoms with Gasteiger partial charge < -0.3 is 14.5 Å². The Kier molecular flexibility index (Phi) is 5.61. The molecule has 0 aliphatic rings. The van der Waals surface area contributed by atoms with E-state index >= 15 is 0 Å². The minimum atomic E-state index is -4.19. The highest BCUT2D eigenvalue weighted by Gasteiger charge is 2.28. The highest BCUT2D eigenvalue weighted by Crippen LogP contribution is 2.34. The van der Waals surface area contributed by atoms with Gasteiger partial charge in [0, 0.05) is 21.3 Å². The molecule has 2 aromatic heterocycles. The molecular formula is C16H14ClN3O6S2. The summed E-state index contributed by atoms with van der Waals surface area (Å²) in [6.45, 7) is 0. The summed E-state index contributed by atoms with van der Waals surface area (Å²) >= 11 is 6.66. The van der Waals surface area contributed by atoms with Crippen LogP contribution in [0.2, 0.25) is 5.02 Å². The Morgan fingerprint density at radius 2 is 1.96 bits per heavy atom. The number of hydrogen-bond donors (Lipinski definition) is 3. The zero-order chi connectivity index (χ0) is 20.5. The predicted molar refractivity (Wildman–Crippen MR) is 103 cm³/mol. The molecular weight excluding hydrogens is 430 g/mol. The third-order valence-electron chi connectivity index (χ3n) is 3.69. The van der Waals surface area contributed by atoms with Gasteiger partial charge in [0.05, 0.1) is 14.2 Å². The predicted octanol–water partition coefficient (Wildman–Crippen LogP) is 2.30. The number of aromatic nitrogens is 1. The molecule has 1 amide bonds. The third kappa shape index (κ3) is 3.83. The van der Waals surface area contributed by atoms with Crippen LogP contribution in [0.3, 0.4) is 0 Å². The van der Waals surface area contributed by atoms with Gasteiger partial charge in [-0.25, -0.2) is 13.2 Å². The molecule has 0 spiro atoms. The molecule has 2 heterocycles. The lowest BCUT2D eigenvalue weighted by Crippen LogP contribution is -2.41. The molecule has 0 bridgehead atoms. The summed E-state index contributed by atoms with van der Waals surface area (Å²) < 4.78 is 34.4. The first kappa shape index (κ1) is 20.1. The normalized spacial score (nSPS) is 11.4. The number of fused-ring (bicyclic) bond motifs is 1. The van der Waals surface area contributed by atoms with E-state index in [1.54, 1.807) is 18.2 Å². The number of esters is 1. The Labute approximate surface area is 168 Å². The number of halogens is 1. The molecule has 1 aromatic carbocycles. The molecule has 0 radical (unpaired) electrons. The smallest absolute Gasteiger partial charge is 0.342 e. The molecule has 0 aliphatic heterocycles. The second-order valence-electron chi connectivity index (χ2n) is 5.44. The van der Waals surface area contributed by atoms with E-state index < -0.39 is 21.9 Å². The van der Waals surface area contributed by atoms with Crippen LogP contribution in [0, 0.1) is 0 Å². The summed E-state index contributed by atoms with van der Waals surface area (Å²) in [5, 5.41) is 2.50. The van der Waals surface area contributed by atoms with E-state index in [9.17, 15) is 18.0 Å². The summed E-state index contributed by atoms with van der Waals surface area (Å²) in [7, 11) is -1.80. The molecule has 12 heteroatoms. The first-order chi connectivity index (χ1) is 13.3. The molecule has 0 fully saturated rings. The number of sulfonamides is 1. The molecule has 0 saturated heterocycles. The van der Waals surface area contributed by atoms with E-state index in [4.69, 9.17) is 16.3 Å². The van der Waals surface area contributed by atoms with E-state index in [1.807, 2.05) is 4.83 Å². The van der Waals surface area contributed by atoms with E-state index in [0.29, 0.717) is 15.9 Å². The molecule has 28 heavy (non-hydrogen) atoms. The lowest BCUT2D eigenvalue weighted by molar-refractivity contribution is 0.0597. The first-order valence-electron chi connectivity index (χ1n) is 7.61. The van der Waals surface area contributed by atoms with Gasteiger partial charge in [0.2, 0.25) is 0 Å². The maximum absolute atomic E-state index is 12.5. The quantitative estimate of drug-likeness (QED) is 0.396. The number of amides is 1. The van der Waals surface area contributed by atoms with Gasteiger partial charge in [-0.2, -0.15) is 0 Å². The summed E-state index contributed by atoms with van der Waals surface area (Å²) in [5.41, 5.74) is 2.88.